The Bertz CT molecular complexity index is 775. The molecule has 0 fully saturated rings. The third-order valence-corrected chi connectivity index (χ3v) is 3.16. The summed E-state index contributed by atoms with van der Waals surface area (Å²) in [6.45, 7) is 1.05. The van der Waals surface area contributed by atoms with Gasteiger partial charge in [0.15, 0.2) is 6.61 Å². The number of benzene rings is 2. The van der Waals surface area contributed by atoms with Crippen LogP contribution in [0.1, 0.15) is 15.9 Å². The van der Waals surface area contributed by atoms with E-state index < -0.39 is 30.2 Å². The molecule has 0 aliphatic rings. The van der Waals surface area contributed by atoms with Crippen molar-refractivity contribution in [2.24, 2.45) is 0 Å². The summed E-state index contributed by atoms with van der Waals surface area (Å²) in [5.74, 6) is -2.11. The predicted octanol–water partition coefficient (Wildman–Crippen LogP) is 2.05. The van der Waals surface area contributed by atoms with Gasteiger partial charge in [0.25, 0.3) is 5.91 Å². The Kier molecular flexibility index (Phi) is 6.22. The second-order valence-electron chi connectivity index (χ2n) is 5.28. The van der Waals surface area contributed by atoms with Crippen LogP contribution in [0.4, 0.5) is 10.1 Å². The second-order valence-corrected chi connectivity index (χ2v) is 5.28. The molecule has 2 rings (SSSR count). The molecule has 0 saturated heterocycles. The van der Waals surface area contributed by atoms with Gasteiger partial charge in [-0.05, 0) is 43.3 Å². The number of nitrogens with one attached hydrogen (secondary N) is 2. The molecule has 0 aliphatic heterocycles. The van der Waals surface area contributed by atoms with E-state index in [9.17, 15) is 18.8 Å². The third-order valence-electron chi connectivity index (χ3n) is 3.16. The highest BCUT2D eigenvalue weighted by atomic mass is 19.1. The standard InChI is InChI=1S/C18H17FN2O4/c1-12-3-2-4-13(9-12)18(24)25-11-17(23)20-10-16(22)21-15-7-5-14(19)6-8-15/h2-9H,10-11H2,1H3,(H,20,23)(H,21,22). The summed E-state index contributed by atoms with van der Waals surface area (Å²) in [6.07, 6.45) is 0. The number of carbonyl (C=O) groups is 3. The van der Waals surface area contributed by atoms with Crippen LogP contribution in [-0.4, -0.2) is 30.9 Å². The van der Waals surface area contributed by atoms with Crippen molar-refractivity contribution in [3.8, 4) is 0 Å². The van der Waals surface area contributed by atoms with Gasteiger partial charge in [-0.15, -0.1) is 0 Å². The van der Waals surface area contributed by atoms with Crippen molar-refractivity contribution in [1.29, 1.82) is 0 Å². The van der Waals surface area contributed by atoms with Gasteiger partial charge in [-0.25, -0.2) is 9.18 Å². The molecule has 0 saturated carbocycles. The lowest BCUT2D eigenvalue weighted by molar-refractivity contribution is -0.126. The molecule has 0 unspecified atom stereocenters. The zero-order valence-corrected chi connectivity index (χ0v) is 13.5. The van der Waals surface area contributed by atoms with E-state index in [1.54, 1.807) is 18.2 Å². The molecule has 6 nitrogen and oxygen atoms in total. The Balaban J connectivity index is 1.72. The minimum atomic E-state index is -0.616. The lowest BCUT2D eigenvalue weighted by Gasteiger charge is -2.08. The van der Waals surface area contributed by atoms with Crippen molar-refractivity contribution >= 4 is 23.5 Å². The largest absolute Gasteiger partial charge is 0.452 e. The maximum Gasteiger partial charge on any atom is 0.338 e. The van der Waals surface area contributed by atoms with Crippen LogP contribution in [0.15, 0.2) is 48.5 Å². The number of ether oxygens (including phenoxy) is 1. The number of hydrogen-bond donors (Lipinski definition) is 2. The maximum absolute atomic E-state index is 12.8. The van der Waals surface area contributed by atoms with Crippen LogP contribution in [0.25, 0.3) is 0 Å². The molecule has 0 heterocycles. The van der Waals surface area contributed by atoms with Crippen molar-refractivity contribution in [2.75, 3.05) is 18.5 Å². The minimum absolute atomic E-state index is 0.293. The molecule has 7 heteroatoms. The average Bonchev–Trinajstić information content (AvgIpc) is 2.60. The Morgan fingerprint density at radius 2 is 1.76 bits per heavy atom. The first-order chi connectivity index (χ1) is 11.9. The maximum atomic E-state index is 12.8. The van der Waals surface area contributed by atoms with Gasteiger partial charge in [0.2, 0.25) is 5.91 Å². The summed E-state index contributed by atoms with van der Waals surface area (Å²) in [7, 11) is 0. The van der Waals surface area contributed by atoms with Crippen molar-refractivity contribution in [1.82, 2.24) is 5.32 Å². The summed E-state index contributed by atoms with van der Waals surface area (Å²) >= 11 is 0. The van der Waals surface area contributed by atoms with Gasteiger partial charge in [-0.1, -0.05) is 17.7 Å². The molecule has 2 amide bonds. The number of anilines is 1. The van der Waals surface area contributed by atoms with E-state index >= 15 is 0 Å². The Morgan fingerprint density at radius 3 is 2.44 bits per heavy atom. The average molecular weight is 344 g/mol. The lowest BCUT2D eigenvalue weighted by Crippen LogP contribution is -2.35. The number of halogens is 1. The van der Waals surface area contributed by atoms with Gasteiger partial charge in [-0.2, -0.15) is 0 Å². The molecular formula is C18H17FN2O4. The Morgan fingerprint density at radius 1 is 1.04 bits per heavy atom. The van der Waals surface area contributed by atoms with E-state index in [1.165, 1.54) is 24.3 Å². The smallest absolute Gasteiger partial charge is 0.338 e. The van der Waals surface area contributed by atoms with Crippen LogP contribution in [0, 0.1) is 12.7 Å². The molecule has 2 N–H and O–H groups in total. The van der Waals surface area contributed by atoms with Crippen molar-refractivity contribution in [3.05, 3.63) is 65.5 Å². The molecule has 0 aromatic heterocycles. The van der Waals surface area contributed by atoms with E-state index in [-0.39, 0.29) is 6.54 Å². The quantitative estimate of drug-likeness (QED) is 0.786. The lowest BCUT2D eigenvalue weighted by atomic mass is 10.1. The first kappa shape index (κ1) is 18.1. The number of amides is 2. The van der Waals surface area contributed by atoms with Gasteiger partial charge in [-0.3, -0.25) is 9.59 Å². The van der Waals surface area contributed by atoms with E-state index in [1.807, 2.05) is 13.0 Å². The molecule has 0 aliphatic carbocycles. The summed E-state index contributed by atoms with van der Waals surface area (Å²) in [6, 6.07) is 12.0. The topological polar surface area (TPSA) is 84.5 Å². The Hall–Kier alpha value is -3.22. The summed E-state index contributed by atoms with van der Waals surface area (Å²) in [4.78, 5) is 35.1. The molecule has 0 bridgehead atoms. The van der Waals surface area contributed by atoms with Crippen LogP contribution in [0.5, 0.6) is 0 Å². The first-order valence-corrected chi connectivity index (χ1v) is 7.50. The Labute approximate surface area is 144 Å². The first-order valence-electron chi connectivity index (χ1n) is 7.50. The van der Waals surface area contributed by atoms with E-state index in [0.29, 0.717) is 11.3 Å². The van der Waals surface area contributed by atoms with Gasteiger partial charge < -0.3 is 15.4 Å². The van der Waals surface area contributed by atoms with E-state index in [2.05, 4.69) is 10.6 Å². The molecule has 2 aromatic carbocycles. The fourth-order valence-corrected chi connectivity index (χ4v) is 1.95. The molecule has 25 heavy (non-hydrogen) atoms. The van der Waals surface area contributed by atoms with Crippen LogP contribution < -0.4 is 10.6 Å². The summed E-state index contributed by atoms with van der Waals surface area (Å²) in [5.41, 5.74) is 1.66. The molecule has 2 aromatic rings. The zero-order valence-electron chi connectivity index (χ0n) is 13.5. The van der Waals surface area contributed by atoms with Crippen molar-refractivity contribution in [3.63, 3.8) is 0 Å². The molecule has 0 atom stereocenters. The number of carbonyl (C=O) groups excluding carboxylic acids is 3. The van der Waals surface area contributed by atoms with Crippen LogP contribution in [0.3, 0.4) is 0 Å². The fourth-order valence-electron chi connectivity index (χ4n) is 1.95. The number of esters is 1. The van der Waals surface area contributed by atoms with E-state index in [4.69, 9.17) is 4.74 Å². The van der Waals surface area contributed by atoms with Crippen molar-refractivity contribution < 1.29 is 23.5 Å². The predicted molar refractivity (Wildman–Crippen MR) is 89.5 cm³/mol. The van der Waals surface area contributed by atoms with E-state index in [0.717, 1.165) is 5.56 Å². The minimum Gasteiger partial charge on any atom is -0.452 e. The molecule has 0 spiro atoms. The van der Waals surface area contributed by atoms with Gasteiger partial charge in [0.1, 0.15) is 5.82 Å². The number of rotatable bonds is 6. The zero-order chi connectivity index (χ0) is 18.2. The van der Waals surface area contributed by atoms with Crippen LogP contribution in [0.2, 0.25) is 0 Å². The third kappa shape index (κ3) is 6.06. The highest BCUT2D eigenvalue weighted by molar-refractivity contribution is 5.95. The summed E-state index contributed by atoms with van der Waals surface area (Å²) in [5, 5.41) is 4.82. The molecular weight excluding hydrogens is 327 g/mol. The number of aryl methyl sites for hydroxylation is 1. The van der Waals surface area contributed by atoms with Gasteiger partial charge in [0, 0.05) is 5.69 Å². The molecule has 130 valence electrons. The van der Waals surface area contributed by atoms with Crippen LogP contribution in [-0.2, 0) is 14.3 Å². The van der Waals surface area contributed by atoms with Gasteiger partial charge in [0.05, 0.1) is 12.1 Å². The molecule has 0 radical (unpaired) electrons. The fraction of sp³-hybridized carbons (Fsp3) is 0.167. The monoisotopic (exact) mass is 344 g/mol. The van der Waals surface area contributed by atoms with Crippen LogP contribution >= 0.6 is 0 Å². The highest BCUT2D eigenvalue weighted by Crippen LogP contribution is 2.07. The number of hydrogen-bond acceptors (Lipinski definition) is 4. The normalized spacial score (nSPS) is 10.0. The second kappa shape index (κ2) is 8.58. The summed E-state index contributed by atoms with van der Waals surface area (Å²) < 4.78 is 17.6. The van der Waals surface area contributed by atoms with Crippen molar-refractivity contribution in [2.45, 2.75) is 6.92 Å². The highest BCUT2D eigenvalue weighted by Gasteiger charge is 2.11. The van der Waals surface area contributed by atoms with Gasteiger partial charge >= 0.3 is 5.97 Å². The SMILES string of the molecule is Cc1cccc(C(=O)OCC(=O)NCC(=O)Nc2ccc(F)cc2)c1.